The van der Waals surface area contributed by atoms with Crippen molar-refractivity contribution in [1.82, 2.24) is 24.8 Å². The largest absolute Gasteiger partial charge is 0.341 e. The second-order valence-electron chi connectivity index (χ2n) is 7.97. The third-order valence-electron chi connectivity index (χ3n) is 5.28. The summed E-state index contributed by atoms with van der Waals surface area (Å²) in [5.41, 5.74) is 1.87. The first-order valence-corrected chi connectivity index (χ1v) is 10.9. The Morgan fingerprint density at radius 3 is 2.37 bits per heavy atom. The van der Waals surface area contributed by atoms with E-state index in [9.17, 15) is 9.59 Å². The highest BCUT2D eigenvalue weighted by atomic mass is 16.2. The highest BCUT2D eigenvalue weighted by Gasteiger charge is 2.18. The van der Waals surface area contributed by atoms with Crippen molar-refractivity contribution < 1.29 is 4.79 Å². The predicted molar refractivity (Wildman–Crippen MR) is 120 cm³/mol. The van der Waals surface area contributed by atoms with Crippen LogP contribution in [0, 0.1) is 12.8 Å². The van der Waals surface area contributed by atoms with Gasteiger partial charge in [0.05, 0.1) is 0 Å². The van der Waals surface area contributed by atoms with Gasteiger partial charge in [-0.15, -0.1) is 0 Å². The number of nitrogens with one attached hydrogen (secondary N) is 1. The smallest absolute Gasteiger partial charge is 0.254 e. The number of aromatic nitrogens is 3. The summed E-state index contributed by atoms with van der Waals surface area (Å²) in [5.74, 6) is 1.01. The van der Waals surface area contributed by atoms with Gasteiger partial charge in [-0.2, -0.15) is 0 Å². The van der Waals surface area contributed by atoms with Crippen LogP contribution in [0.25, 0.3) is 11.4 Å². The van der Waals surface area contributed by atoms with Crippen molar-refractivity contribution in [2.75, 3.05) is 32.7 Å². The summed E-state index contributed by atoms with van der Waals surface area (Å²) in [4.78, 5) is 41.2. The minimum absolute atomic E-state index is 0.0906. The van der Waals surface area contributed by atoms with Crippen molar-refractivity contribution >= 4 is 5.91 Å². The summed E-state index contributed by atoms with van der Waals surface area (Å²) in [7, 11) is 0. The molecular weight excluding hydrogens is 378 g/mol. The first-order chi connectivity index (χ1) is 14.3. The van der Waals surface area contributed by atoms with E-state index in [0.717, 1.165) is 31.7 Å². The van der Waals surface area contributed by atoms with E-state index >= 15 is 0 Å². The van der Waals surface area contributed by atoms with Crippen molar-refractivity contribution in [3.63, 3.8) is 0 Å². The first-order valence-electron chi connectivity index (χ1n) is 10.9. The molecule has 2 aromatic heterocycles. The van der Waals surface area contributed by atoms with Gasteiger partial charge in [0.2, 0.25) is 5.91 Å². The number of rotatable bonds is 11. The van der Waals surface area contributed by atoms with Crippen LogP contribution >= 0.6 is 0 Å². The zero-order chi connectivity index (χ0) is 22.1. The van der Waals surface area contributed by atoms with E-state index in [0.29, 0.717) is 42.4 Å². The maximum Gasteiger partial charge on any atom is 0.254 e. The number of aromatic amines is 1. The molecule has 0 bridgehead atoms. The van der Waals surface area contributed by atoms with Gasteiger partial charge in [-0.1, -0.05) is 27.7 Å². The molecule has 30 heavy (non-hydrogen) atoms. The molecule has 7 nitrogen and oxygen atoms in total. The van der Waals surface area contributed by atoms with Crippen LogP contribution in [0.2, 0.25) is 0 Å². The average molecular weight is 414 g/mol. The highest BCUT2D eigenvalue weighted by molar-refractivity contribution is 5.76. The fraction of sp³-hybridized carbons (Fsp3) is 0.565. The summed E-state index contributed by atoms with van der Waals surface area (Å²) in [6.45, 7) is 14.6. The van der Waals surface area contributed by atoms with Gasteiger partial charge in [-0.3, -0.25) is 14.6 Å². The number of H-pyrrole nitrogens is 1. The number of aryl methyl sites for hydroxylation is 1. The molecule has 1 amide bonds. The molecule has 164 valence electrons. The molecule has 0 saturated carbocycles. The highest BCUT2D eigenvalue weighted by Crippen LogP contribution is 2.14. The maximum atomic E-state index is 12.9. The fourth-order valence-corrected chi connectivity index (χ4v) is 3.50. The molecule has 0 radical (unpaired) electrons. The summed E-state index contributed by atoms with van der Waals surface area (Å²) in [6, 6.07) is 3.61. The molecule has 7 heteroatoms. The van der Waals surface area contributed by atoms with E-state index in [1.807, 2.05) is 11.8 Å². The van der Waals surface area contributed by atoms with E-state index in [1.165, 1.54) is 0 Å². The van der Waals surface area contributed by atoms with Gasteiger partial charge < -0.3 is 14.8 Å². The molecule has 2 rings (SSSR count). The lowest BCUT2D eigenvalue weighted by atomic mass is 10.1. The monoisotopic (exact) mass is 413 g/mol. The van der Waals surface area contributed by atoms with E-state index in [1.54, 1.807) is 24.5 Å². The molecule has 0 aliphatic rings. The van der Waals surface area contributed by atoms with Gasteiger partial charge in [0, 0.05) is 55.3 Å². The van der Waals surface area contributed by atoms with Crippen LogP contribution in [-0.2, 0) is 11.2 Å². The van der Waals surface area contributed by atoms with Gasteiger partial charge in [0.1, 0.15) is 5.82 Å². The average Bonchev–Trinajstić information content (AvgIpc) is 2.73. The molecule has 0 aliphatic carbocycles. The van der Waals surface area contributed by atoms with Crippen molar-refractivity contribution in [3.8, 4) is 11.4 Å². The number of carbonyl (C=O) groups is 1. The Bertz CT molecular complexity index is 860. The number of nitrogens with zero attached hydrogens (tertiary/aromatic N) is 4. The third kappa shape index (κ3) is 6.76. The quantitative estimate of drug-likeness (QED) is 0.612. The van der Waals surface area contributed by atoms with Crippen molar-refractivity contribution in [2.45, 2.75) is 47.5 Å². The number of amides is 1. The Morgan fingerprint density at radius 1 is 1.13 bits per heavy atom. The predicted octanol–water partition coefficient (Wildman–Crippen LogP) is 2.90. The number of hydrogen-bond acceptors (Lipinski definition) is 5. The maximum absolute atomic E-state index is 12.9. The Kier molecular flexibility index (Phi) is 9.17. The number of hydrogen-bond donors (Lipinski definition) is 1. The Balaban J connectivity index is 2.08. The van der Waals surface area contributed by atoms with E-state index in [2.05, 4.69) is 47.5 Å². The summed E-state index contributed by atoms with van der Waals surface area (Å²) in [5, 5.41) is 0. The van der Waals surface area contributed by atoms with Crippen molar-refractivity contribution in [2.24, 2.45) is 5.92 Å². The first kappa shape index (κ1) is 23.7. The Morgan fingerprint density at radius 2 is 1.80 bits per heavy atom. The van der Waals surface area contributed by atoms with E-state index < -0.39 is 0 Å². The standard InChI is InChI=1S/C23H35N5O2/c1-6-27(7-2)14-15-28(16-17(3)4)21(29)9-8-20-18(5)25-22(26-23(20)30)19-10-12-24-13-11-19/h10-13,17H,6-9,14-16H2,1-5H3,(H,25,26,30). The Labute approximate surface area is 179 Å². The lowest BCUT2D eigenvalue weighted by Crippen LogP contribution is -2.40. The number of pyridine rings is 1. The van der Waals surface area contributed by atoms with Crippen LogP contribution in [-0.4, -0.2) is 63.4 Å². The minimum atomic E-state index is -0.180. The van der Waals surface area contributed by atoms with E-state index in [-0.39, 0.29) is 11.5 Å². The lowest BCUT2D eigenvalue weighted by molar-refractivity contribution is -0.131. The molecule has 0 atom stereocenters. The zero-order valence-corrected chi connectivity index (χ0v) is 18.9. The second-order valence-corrected chi connectivity index (χ2v) is 7.97. The van der Waals surface area contributed by atoms with Crippen LogP contribution in [0.15, 0.2) is 29.3 Å². The molecule has 0 fully saturated rings. The zero-order valence-electron chi connectivity index (χ0n) is 18.9. The fourth-order valence-electron chi connectivity index (χ4n) is 3.50. The van der Waals surface area contributed by atoms with Crippen LogP contribution in [0.3, 0.4) is 0 Å². The SMILES string of the molecule is CCN(CC)CCN(CC(C)C)C(=O)CCc1c(C)nc(-c2ccncc2)[nH]c1=O. The Hall–Kier alpha value is -2.54. The summed E-state index contributed by atoms with van der Waals surface area (Å²) in [6.07, 6.45) is 4.03. The van der Waals surface area contributed by atoms with Crippen molar-refractivity contribution in [1.29, 1.82) is 0 Å². The lowest BCUT2D eigenvalue weighted by Gasteiger charge is -2.28. The molecule has 2 heterocycles. The van der Waals surface area contributed by atoms with Crippen LogP contribution < -0.4 is 5.56 Å². The van der Waals surface area contributed by atoms with Crippen molar-refractivity contribution in [3.05, 3.63) is 46.1 Å². The van der Waals surface area contributed by atoms with Gasteiger partial charge in [-0.05, 0) is 44.5 Å². The molecule has 0 saturated heterocycles. The topological polar surface area (TPSA) is 82.2 Å². The molecule has 0 spiro atoms. The van der Waals surface area contributed by atoms with Gasteiger partial charge in [0.25, 0.3) is 5.56 Å². The molecular formula is C23H35N5O2. The van der Waals surface area contributed by atoms with Gasteiger partial charge in [0.15, 0.2) is 0 Å². The summed E-state index contributed by atoms with van der Waals surface area (Å²) >= 11 is 0. The minimum Gasteiger partial charge on any atom is -0.341 e. The molecule has 0 aromatic carbocycles. The van der Waals surface area contributed by atoms with E-state index in [4.69, 9.17) is 0 Å². The van der Waals surface area contributed by atoms with Gasteiger partial charge >= 0.3 is 0 Å². The number of likely N-dealkylation sites (N-methyl/N-ethyl adjacent to an activating group) is 1. The van der Waals surface area contributed by atoms with Crippen LogP contribution in [0.1, 0.15) is 45.4 Å². The second kappa shape index (κ2) is 11.6. The molecule has 0 aliphatic heterocycles. The number of carbonyl (C=O) groups excluding carboxylic acids is 1. The van der Waals surface area contributed by atoms with Crippen LogP contribution in [0.5, 0.6) is 0 Å². The normalized spacial score (nSPS) is 11.3. The molecule has 0 unspecified atom stereocenters. The van der Waals surface area contributed by atoms with Crippen LogP contribution in [0.4, 0.5) is 0 Å². The van der Waals surface area contributed by atoms with Gasteiger partial charge in [-0.25, -0.2) is 4.98 Å². The third-order valence-corrected chi connectivity index (χ3v) is 5.28. The molecule has 1 N–H and O–H groups in total. The summed E-state index contributed by atoms with van der Waals surface area (Å²) < 4.78 is 0. The molecule has 2 aromatic rings.